The summed E-state index contributed by atoms with van der Waals surface area (Å²) in [4.78, 5) is 0. The topological polar surface area (TPSA) is 92.3 Å². The van der Waals surface area contributed by atoms with Gasteiger partial charge in [-0.25, -0.2) is 26.3 Å². The lowest BCUT2D eigenvalue weighted by atomic mass is 9.91. The minimum atomic E-state index is -3.24. The lowest BCUT2D eigenvalue weighted by molar-refractivity contribution is 0.348. The summed E-state index contributed by atoms with van der Waals surface area (Å²) in [5, 5.41) is 0. The molecule has 3 rings (SSSR count). The van der Waals surface area contributed by atoms with Crippen LogP contribution in [0.3, 0.4) is 0 Å². The predicted molar refractivity (Wildman–Crippen MR) is 113 cm³/mol. The van der Waals surface area contributed by atoms with Crippen LogP contribution in [0.2, 0.25) is 0 Å². The van der Waals surface area contributed by atoms with Crippen molar-refractivity contribution in [1.29, 1.82) is 0 Å². The first-order valence-corrected chi connectivity index (χ1v) is 14.6. The maximum absolute atomic E-state index is 12.5. The van der Waals surface area contributed by atoms with E-state index >= 15 is 0 Å². The van der Waals surface area contributed by atoms with Gasteiger partial charge in [0.05, 0.1) is 11.5 Å². The SMILES string of the molecule is O=S(=O)(CC1CCCCC1)NC1CCC(NS(=O)(=O)CC2CCCCC2)CC1. The summed E-state index contributed by atoms with van der Waals surface area (Å²) in [6.45, 7) is 0. The molecule has 3 saturated carbocycles. The van der Waals surface area contributed by atoms with Crippen molar-refractivity contribution in [2.45, 2.75) is 102 Å². The van der Waals surface area contributed by atoms with Crippen LogP contribution >= 0.6 is 0 Å². The monoisotopic (exact) mass is 434 g/mol. The molecule has 28 heavy (non-hydrogen) atoms. The van der Waals surface area contributed by atoms with Gasteiger partial charge in [-0.05, 0) is 63.2 Å². The van der Waals surface area contributed by atoms with E-state index in [1.54, 1.807) is 0 Å². The zero-order valence-electron chi connectivity index (χ0n) is 17.1. The highest BCUT2D eigenvalue weighted by Crippen LogP contribution is 2.27. The fourth-order valence-corrected chi connectivity index (χ4v) is 8.85. The molecule has 0 heterocycles. The highest BCUT2D eigenvalue weighted by molar-refractivity contribution is 7.89. The first-order chi connectivity index (χ1) is 13.3. The van der Waals surface area contributed by atoms with Crippen molar-refractivity contribution >= 4 is 20.0 Å². The average Bonchev–Trinajstić information content (AvgIpc) is 2.64. The quantitative estimate of drug-likeness (QED) is 0.613. The molecule has 0 unspecified atom stereocenters. The highest BCUT2D eigenvalue weighted by atomic mass is 32.2. The predicted octanol–water partition coefficient (Wildman–Crippen LogP) is 3.30. The Morgan fingerprint density at radius 3 is 1.14 bits per heavy atom. The van der Waals surface area contributed by atoms with Crippen molar-refractivity contribution in [3.8, 4) is 0 Å². The lowest BCUT2D eigenvalue weighted by Gasteiger charge is -2.31. The van der Waals surface area contributed by atoms with Crippen LogP contribution in [0.15, 0.2) is 0 Å². The third-order valence-electron chi connectivity index (χ3n) is 6.78. The molecule has 2 N–H and O–H groups in total. The van der Waals surface area contributed by atoms with Crippen LogP contribution in [-0.4, -0.2) is 40.4 Å². The molecule has 0 aromatic carbocycles. The van der Waals surface area contributed by atoms with Gasteiger partial charge in [-0.2, -0.15) is 0 Å². The fraction of sp³-hybridized carbons (Fsp3) is 1.00. The summed E-state index contributed by atoms with van der Waals surface area (Å²) in [6.07, 6.45) is 14.0. The van der Waals surface area contributed by atoms with E-state index in [0.717, 1.165) is 51.4 Å². The molecular weight excluding hydrogens is 396 g/mol. The number of hydrogen-bond donors (Lipinski definition) is 2. The van der Waals surface area contributed by atoms with Gasteiger partial charge in [0.2, 0.25) is 20.0 Å². The van der Waals surface area contributed by atoms with Crippen LogP contribution in [-0.2, 0) is 20.0 Å². The summed E-state index contributed by atoms with van der Waals surface area (Å²) in [5.41, 5.74) is 0. The number of rotatable bonds is 8. The highest BCUT2D eigenvalue weighted by Gasteiger charge is 2.30. The summed E-state index contributed by atoms with van der Waals surface area (Å²) in [7, 11) is -6.48. The molecule has 0 saturated heterocycles. The molecule has 0 amide bonds. The number of sulfonamides is 2. The van der Waals surface area contributed by atoms with E-state index < -0.39 is 20.0 Å². The van der Waals surface area contributed by atoms with Crippen molar-refractivity contribution in [3.63, 3.8) is 0 Å². The van der Waals surface area contributed by atoms with Gasteiger partial charge in [0.15, 0.2) is 0 Å². The molecule has 0 spiro atoms. The van der Waals surface area contributed by atoms with E-state index in [1.165, 1.54) is 12.8 Å². The molecule has 6 nitrogen and oxygen atoms in total. The van der Waals surface area contributed by atoms with Gasteiger partial charge in [-0.1, -0.05) is 38.5 Å². The Bertz CT molecular complexity index is 613. The normalized spacial score (nSPS) is 29.0. The zero-order chi connectivity index (χ0) is 20.0. The largest absolute Gasteiger partial charge is 0.212 e. The minimum absolute atomic E-state index is 0.0484. The van der Waals surface area contributed by atoms with Crippen LogP contribution in [0.4, 0.5) is 0 Å². The van der Waals surface area contributed by atoms with Crippen molar-refractivity contribution in [2.24, 2.45) is 11.8 Å². The third kappa shape index (κ3) is 7.58. The van der Waals surface area contributed by atoms with Crippen LogP contribution in [0.25, 0.3) is 0 Å². The lowest BCUT2D eigenvalue weighted by Crippen LogP contribution is -2.45. The van der Waals surface area contributed by atoms with E-state index in [4.69, 9.17) is 0 Å². The Kier molecular flexibility index (Phi) is 8.22. The molecular formula is C20H38N2O4S2. The van der Waals surface area contributed by atoms with E-state index in [2.05, 4.69) is 9.44 Å². The Morgan fingerprint density at radius 1 is 0.500 bits per heavy atom. The molecule has 3 aliphatic carbocycles. The second-order valence-corrected chi connectivity index (χ2v) is 13.0. The standard InChI is InChI=1S/C20H38N2O4S2/c23-27(24,15-17-7-3-1-4-8-17)21-19-11-13-20(14-12-19)22-28(25,26)16-18-9-5-2-6-10-18/h17-22H,1-16H2. The second-order valence-electron chi connectivity index (χ2n) is 9.36. The molecule has 0 bridgehead atoms. The van der Waals surface area contributed by atoms with Gasteiger partial charge in [-0.15, -0.1) is 0 Å². The molecule has 164 valence electrons. The molecule has 3 fully saturated rings. The molecule has 0 radical (unpaired) electrons. The molecule has 0 aliphatic heterocycles. The maximum Gasteiger partial charge on any atom is 0.212 e. The van der Waals surface area contributed by atoms with Crippen LogP contribution in [0, 0.1) is 11.8 Å². The zero-order valence-corrected chi connectivity index (χ0v) is 18.7. The van der Waals surface area contributed by atoms with Gasteiger partial charge in [-0.3, -0.25) is 0 Å². The van der Waals surface area contributed by atoms with Gasteiger partial charge in [0.1, 0.15) is 0 Å². The molecule has 0 atom stereocenters. The molecule has 0 aromatic rings. The third-order valence-corrected chi connectivity index (χ3v) is 9.98. The van der Waals surface area contributed by atoms with Gasteiger partial charge in [0, 0.05) is 12.1 Å². The van der Waals surface area contributed by atoms with E-state index in [0.29, 0.717) is 37.5 Å². The fourth-order valence-electron chi connectivity index (χ4n) is 5.26. The van der Waals surface area contributed by atoms with Crippen molar-refractivity contribution < 1.29 is 16.8 Å². The van der Waals surface area contributed by atoms with Crippen LogP contribution in [0.1, 0.15) is 89.9 Å². The summed E-state index contributed by atoms with van der Waals surface area (Å²) in [5.74, 6) is 1.10. The smallest absolute Gasteiger partial charge is 0.212 e. The summed E-state index contributed by atoms with van der Waals surface area (Å²) >= 11 is 0. The maximum atomic E-state index is 12.5. The molecule has 3 aliphatic rings. The summed E-state index contributed by atoms with van der Waals surface area (Å²) < 4.78 is 55.7. The van der Waals surface area contributed by atoms with Crippen molar-refractivity contribution in [1.82, 2.24) is 9.44 Å². The first kappa shape index (κ1) is 22.5. The van der Waals surface area contributed by atoms with Gasteiger partial charge < -0.3 is 0 Å². The Morgan fingerprint density at radius 2 is 0.821 bits per heavy atom. The summed E-state index contributed by atoms with van der Waals surface area (Å²) in [6, 6.07) is -0.0969. The van der Waals surface area contributed by atoms with E-state index in [-0.39, 0.29) is 23.6 Å². The first-order valence-electron chi connectivity index (χ1n) is 11.3. The van der Waals surface area contributed by atoms with Crippen molar-refractivity contribution in [3.05, 3.63) is 0 Å². The Hall–Kier alpha value is -0.180. The number of hydrogen-bond acceptors (Lipinski definition) is 4. The Balaban J connectivity index is 1.39. The second kappa shape index (κ2) is 10.2. The van der Waals surface area contributed by atoms with Crippen LogP contribution in [0.5, 0.6) is 0 Å². The van der Waals surface area contributed by atoms with Crippen LogP contribution < -0.4 is 9.44 Å². The molecule has 0 aromatic heterocycles. The van der Waals surface area contributed by atoms with E-state index in [9.17, 15) is 16.8 Å². The molecule has 8 heteroatoms. The minimum Gasteiger partial charge on any atom is -0.212 e. The average molecular weight is 435 g/mol. The van der Waals surface area contributed by atoms with Crippen molar-refractivity contribution in [2.75, 3.05) is 11.5 Å². The van der Waals surface area contributed by atoms with E-state index in [1.807, 2.05) is 0 Å². The number of nitrogens with one attached hydrogen (secondary N) is 2. The van der Waals surface area contributed by atoms with Gasteiger partial charge in [0.25, 0.3) is 0 Å². The Labute approximate surface area is 171 Å². The van der Waals surface area contributed by atoms with Gasteiger partial charge >= 0.3 is 0 Å².